The maximum Gasteiger partial charge on any atom is 0.180 e. The van der Waals surface area contributed by atoms with Crippen LogP contribution in [0.2, 0.25) is 5.82 Å². The molecule has 13 heavy (non-hydrogen) atoms. The average molecular weight is 177 g/mol. The van der Waals surface area contributed by atoms with Gasteiger partial charge in [-0.2, -0.15) is 5.10 Å². The first-order valence-corrected chi connectivity index (χ1v) is 4.80. The smallest absolute Gasteiger partial charge is 0.180 e. The normalized spacial score (nSPS) is 12.2. The summed E-state index contributed by atoms with van der Waals surface area (Å²) in [5, 5.41) is 7.12. The van der Waals surface area contributed by atoms with Gasteiger partial charge in [-0.3, -0.25) is 5.10 Å². The molecule has 0 saturated carbocycles. The molecular weight excluding hydrogens is 159 g/mol. The van der Waals surface area contributed by atoms with Crippen molar-refractivity contribution in [3.63, 3.8) is 0 Å². The Morgan fingerprint density at radius 1 is 1.38 bits per heavy atom. The van der Waals surface area contributed by atoms with Crippen molar-refractivity contribution in [1.29, 1.82) is 0 Å². The zero-order chi connectivity index (χ0) is 10.1. The van der Waals surface area contributed by atoms with E-state index in [1.165, 1.54) is 11.2 Å². The summed E-state index contributed by atoms with van der Waals surface area (Å²) < 4.78 is 0. The predicted octanol–water partition coefficient (Wildman–Crippen LogP) is 1.86. The molecule has 1 radical (unpaired) electrons. The molecule has 0 bridgehead atoms. The summed E-state index contributed by atoms with van der Waals surface area (Å²) in [4.78, 5) is 0. The second-order valence-corrected chi connectivity index (χ2v) is 4.86. The number of aromatic nitrogens is 2. The van der Waals surface area contributed by atoms with Crippen molar-refractivity contribution in [2.24, 2.45) is 0 Å². The fraction of sp³-hybridized carbons (Fsp3) is 0.700. The number of hydrogen-bond donors (Lipinski definition) is 1. The molecule has 0 aliphatic carbocycles. The Balaban J connectivity index is 2.90. The van der Waals surface area contributed by atoms with Gasteiger partial charge in [-0.15, -0.1) is 0 Å². The Hall–Kier alpha value is -0.725. The van der Waals surface area contributed by atoms with E-state index in [9.17, 15) is 0 Å². The van der Waals surface area contributed by atoms with E-state index in [1.807, 2.05) is 6.20 Å². The molecule has 0 aliphatic rings. The Kier molecular flexibility index (Phi) is 2.84. The van der Waals surface area contributed by atoms with Gasteiger partial charge in [-0.1, -0.05) is 40.4 Å². The van der Waals surface area contributed by atoms with Crippen molar-refractivity contribution in [2.75, 3.05) is 0 Å². The lowest BCUT2D eigenvalue weighted by molar-refractivity contribution is 0.594. The van der Waals surface area contributed by atoms with Gasteiger partial charge in [0, 0.05) is 0 Å². The highest BCUT2D eigenvalue weighted by atomic mass is 15.1. The zero-order valence-corrected chi connectivity index (χ0v) is 9.18. The average Bonchev–Trinajstić information content (AvgIpc) is 2.31. The van der Waals surface area contributed by atoms with E-state index in [-0.39, 0.29) is 5.41 Å². The second-order valence-electron chi connectivity index (χ2n) is 4.86. The summed E-state index contributed by atoms with van der Waals surface area (Å²) in [6.07, 6.45) is 1.92. The minimum Gasteiger partial charge on any atom is -0.292 e. The molecule has 0 aromatic carbocycles. The Bertz CT molecular complexity index is 271. The van der Waals surface area contributed by atoms with Gasteiger partial charge in [-0.25, -0.2) is 0 Å². The van der Waals surface area contributed by atoms with Crippen LogP contribution in [-0.2, 0) is 5.41 Å². The van der Waals surface area contributed by atoms with E-state index in [0.29, 0.717) is 5.82 Å². The lowest BCUT2D eigenvalue weighted by Gasteiger charge is -2.18. The van der Waals surface area contributed by atoms with Crippen LogP contribution in [0.25, 0.3) is 0 Å². The van der Waals surface area contributed by atoms with Crippen LogP contribution in [0, 0.1) is 0 Å². The van der Waals surface area contributed by atoms with Gasteiger partial charge in [0.25, 0.3) is 0 Å². The number of nitrogens with zero attached hydrogens (tertiary/aromatic N) is 1. The minimum absolute atomic E-state index is 0.174. The Labute approximate surface area is 81.4 Å². The maximum atomic E-state index is 4.09. The van der Waals surface area contributed by atoms with Crippen LogP contribution in [0.15, 0.2) is 6.20 Å². The van der Waals surface area contributed by atoms with Crippen molar-refractivity contribution in [1.82, 2.24) is 10.2 Å². The van der Waals surface area contributed by atoms with Gasteiger partial charge in [0.05, 0.1) is 6.20 Å². The second kappa shape index (κ2) is 3.56. The molecule has 1 aromatic heterocycles. The largest absolute Gasteiger partial charge is 0.292 e. The molecule has 1 aromatic rings. The van der Waals surface area contributed by atoms with Gasteiger partial charge in [0.2, 0.25) is 0 Å². The molecule has 3 heteroatoms. The molecule has 0 aliphatic heterocycles. The Morgan fingerprint density at radius 2 is 2.00 bits per heavy atom. The number of aromatic amines is 1. The molecule has 1 rings (SSSR count). The zero-order valence-electron chi connectivity index (χ0n) is 9.18. The summed E-state index contributed by atoms with van der Waals surface area (Å²) in [5.41, 5.74) is 2.64. The van der Waals surface area contributed by atoms with Crippen molar-refractivity contribution >= 4 is 12.9 Å². The Morgan fingerprint density at radius 3 is 2.46 bits per heavy atom. The van der Waals surface area contributed by atoms with Crippen LogP contribution in [-0.4, -0.2) is 17.5 Å². The quantitative estimate of drug-likeness (QED) is 0.686. The van der Waals surface area contributed by atoms with E-state index in [2.05, 4.69) is 52.1 Å². The first-order chi connectivity index (χ1) is 5.91. The van der Waals surface area contributed by atoms with Crippen LogP contribution < -0.4 is 5.59 Å². The summed E-state index contributed by atoms with van der Waals surface area (Å²) >= 11 is 0. The number of nitrogens with one attached hydrogen (secondary N) is 1. The molecular formula is C10H18BN2. The lowest BCUT2D eigenvalue weighted by atomic mass is 9.60. The molecule has 1 N–H and O–H groups in total. The molecule has 71 valence electrons. The monoisotopic (exact) mass is 177 g/mol. The summed E-state index contributed by atoms with van der Waals surface area (Å²) in [5.74, 6) is 0.557. The highest BCUT2D eigenvalue weighted by Gasteiger charge is 2.20. The fourth-order valence-corrected chi connectivity index (χ4v) is 1.35. The van der Waals surface area contributed by atoms with Gasteiger partial charge in [0.1, 0.15) is 0 Å². The van der Waals surface area contributed by atoms with E-state index in [0.717, 1.165) is 0 Å². The topological polar surface area (TPSA) is 28.7 Å². The third kappa shape index (κ3) is 2.61. The van der Waals surface area contributed by atoms with E-state index < -0.39 is 0 Å². The van der Waals surface area contributed by atoms with E-state index in [4.69, 9.17) is 0 Å². The summed E-state index contributed by atoms with van der Waals surface area (Å²) in [7, 11) is 2.22. The third-order valence-electron chi connectivity index (χ3n) is 1.98. The van der Waals surface area contributed by atoms with Crippen molar-refractivity contribution < 1.29 is 0 Å². The molecule has 1 heterocycles. The molecule has 0 fully saturated rings. The first kappa shape index (κ1) is 10.4. The third-order valence-corrected chi connectivity index (χ3v) is 1.98. The van der Waals surface area contributed by atoms with Gasteiger partial charge < -0.3 is 0 Å². The van der Waals surface area contributed by atoms with Crippen molar-refractivity contribution in [3.05, 3.63) is 11.8 Å². The number of rotatable bonds is 2. The maximum absolute atomic E-state index is 4.09. The molecule has 2 nitrogen and oxygen atoms in total. The molecule has 0 unspecified atom stereocenters. The van der Waals surface area contributed by atoms with Crippen molar-refractivity contribution in [3.8, 4) is 0 Å². The molecule has 0 spiro atoms. The van der Waals surface area contributed by atoms with Crippen LogP contribution in [0.4, 0.5) is 0 Å². The number of H-pyrrole nitrogens is 1. The molecule has 0 saturated heterocycles. The van der Waals surface area contributed by atoms with Crippen LogP contribution in [0.3, 0.4) is 0 Å². The molecule has 0 amide bonds. The van der Waals surface area contributed by atoms with E-state index >= 15 is 0 Å². The van der Waals surface area contributed by atoms with Crippen LogP contribution in [0.1, 0.15) is 40.2 Å². The van der Waals surface area contributed by atoms with Gasteiger partial charge >= 0.3 is 0 Å². The SMILES string of the molecule is CC(C)[B]c1[nH]ncc1C(C)(C)C. The fourth-order valence-electron chi connectivity index (χ4n) is 1.35. The van der Waals surface area contributed by atoms with E-state index in [1.54, 1.807) is 0 Å². The van der Waals surface area contributed by atoms with Crippen molar-refractivity contribution in [2.45, 2.75) is 45.9 Å². The highest BCUT2D eigenvalue weighted by molar-refractivity contribution is 6.54. The minimum atomic E-state index is 0.174. The standard InChI is InChI=1S/C10H18BN2/c1-7(2)11-9-8(6-12-13-9)10(3,4)5/h6-7H,1-5H3,(H,12,13). The first-order valence-electron chi connectivity index (χ1n) is 4.80. The highest BCUT2D eigenvalue weighted by Crippen LogP contribution is 2.19. The summed E-state index contributed by atoms with van der Waals surface area (Å²) in [6, 6.07) is 0. The van der Waals surface area contributed by atoms with Crippen LogP contribution >= 0.6 is 0 Å². The van der Waals surface area contributed by atoms with Gasteiger partial charge in [0.15, 0.2) is 7.28 Å². The lowest BCUT2D eigenvalue weighted by Crippen LogP contribution is -2.28. The van der Waals surface area contributed by atoms with Gasteiger partial charge in [-0.05, 0) is 16.6 Å². The number of hydrogen-bond acceptors (Lipinski definition) is 1. The molecule has 0 atom stereocenters. The predicted molar refractivity (Wildman–Crippen MR) is 57.8 cm³/mol. The van der Waals surface area contributed by atoms with Crippen LogP contribution in [0.5, 0.6) is 0 Å². The summed E-state index contributed by atoms with van der Waals surface area (Å²) in [6.45, 7) is 11.0.